The molecular weight excluding hydrogens is 455 g/mol. The second-order valence-corrected chi connectivity index (χ2v) is 9.01. The van der Waals surface area contributed by atoms with E-state index in [2.05, 4.69) is 15.5 Å². The SMILES string of the molecule is O=C(NN=Cc1cccc(C(F)(F)F)c1)c1ccc(CSc2nc3ccccc3s2)cc1. The molecule has 0 saturated heterocycles. The van der Waals surface area contributed by atoms with E-state index in [4.69, 9.17) is 0 Å². The predicted molar refractivity (Wildman–Crippen MR) is 122 cm³/mol. The molecule has 4 rings (SSSR count). The number of hydrogen-bond acceptors (Lipinski definition) is 5. The molecule has 0 fully saturated rings. The maximum atomic E-state index is 12.8. The second-order valence-electron chi connectivity index (χ2n) is 6.76. The summed E-state index contributed by atoms with van der Waals surface area (Å²) in [5.74, 6) is 0.272. The Morgan fingerprint density at radius 2 is 1.84 bits per heavy atom. The number of carbonyl (C=O) groups is 1. The number of aromatic nitrogens is 1. The van der Waals surface area contributed by atoms with E-state index in [1.807, 2.05) is 36.4 Å². The van der Waals surface area contributed by atoms with Gasteiger partial charge in [0.15, 0.2) is 4.34 Å². The summed E-state index contributed by atoms with van der Waals surface area (Å²) >= 11 is 3.27. The molecule has 0 aliphatic rings. The topological polar surface area (TPSA) is 54.4 Å². The van der Waals surface area contributed by atoms with Crippen molar-refractivity contribution in [3.05, 3.63) is 95.1 Å². The summed E-state index contributed by atoms with van der Waals surface area (Å²) in [6.45, 7) is 0. The van der Waals surface area contributed by atoms with Gasteiger partial charge >= 0.3 is 6.18 Å². The molecule has 9 heteroatoms. The Hall–Kier alpha value is -3.17. The van der Waals surface area contributed by atoms with Crippen molar-refractivity contribution in [2.24, 2.45) is 5.10 Å². The van der Waals surface area contributed by atoms with Crippen LogP contribution in [-0.2, 0) is 11.9 Å². The van der Waals surface area contributed by atoms with Gasteiger partial charge in [-0.25, -0.2) is 10.4 Å². The van der Waals surface area contributed by atoms with Crippen molar-refractivity contribution in [2.75, 3.05) is 0 Å². The molecule has 32 heavy (non-hydrogen) atoms. The van der Waals surface area contributed by atoms with Gasteiger partial charge in [-0.1, -0.05) is 48.2 Å². The van der Waals surface area contributed by atoms with Crippen LogP contribution < -0.4 is 5.43 Å². The van der Waals surface area contributed by atoms with Gasteiger partial charge in [0.1, 0.15) is 0 Å². The number of amides is 1. The quantitative estimate of drug-likeness (QED) is 0.202. The Bertz CT molecular complexity index is 1230. The van der Waals surface area contributed by atoms with Crippen molar-refractivity contribution < 1.29 is 18.0 Å². The third-order valence-electron chi connectivity index (χ3n) is 4.45. The van der Waals surface area contributed by atoms with Gasteiger partial charge in [-0.3, -0.25) is 4.79 Å². The first kappa shape index (κ1) is 22.0. The molecule has 0 bridgehead atoms. The van der Waals surface area contributed by atoms with Gasteiger partial charge < -0.3 is 0 Å². The highest BCUT2D eigenvalue weighted by Crippen LogP contribution is 2.31. The molecule has 162 valence electrons. The number of hydrogen-bond donors (Lipinski definition) is 1. The number of halogens is 3. The number of thioether (sulfide) groups is 1. The predicted octanol–water partition coefficient (Wildman–Crippen LogP) is 6.37. The molecule has 0 saturated carbocycles. The Balaban J connectivity index is 1.32. The summed E-state index contributed by atoms with van der Waals surface area (Å²) in [4.78, 5) is 16.8. The Morgan fingerprint density at radius 1 is 1.06 bits per heavy atom. The molecule has 1 aromatic heterocycles. The zero-order chi connectivity index (χ0) is 22.6. The lowest BCUT2D eigenvalue weighted by atomic mass is 10.1. The smallest absolute Gasteiger partial charge is 0.267 e. The summed E-state index contributed by atoms with van der Waals surface area (Å²) in [7, 11) is 0. The Labute approximate surface area is 190 Å². The van der Waals surface area contributed by atoms with E-state index in [-0.39, 0.29) is 5.56 Å². The zero-order valence-electron chi connectivity index (χ0n) is 16.5. The van der Waals surface area contributed by atoms with Crippen molar-refractivity contribution in [2.45, 2.75) is 16.3 Å². The van der Waals surface area contributed by atoms with Crippen molar-refractivity contribution >= 4 is 45.4 Å². The van der Waals surface area contributed by atoms with Crippen LogP contribution in [-0.4, -0.2) is 17.1 Å². The van der Waals surface area contributed by atoms with E-state index in [0.717, 1.165) is 38.0 Å². The number of benzene rings is 3. The average molecular weight is 472 g/mol. The van der Waals surface area contributed by atoms with Crippen LogP contribution in [0.5, 0.6) is 0 Å². The Kier molecular flexibility index (Phi) is 6.57. The molecule has 4 nitrogen and oxygen atoms in total. The largest absolute Gasteiger partial charge is 0.416 e. The number of thiazole rings is 1. The second kappa shape index (κ2) is 9.54. The minimum Gasteiger partial charge on any atom is -0.267 e. The van der Waals surface area contributed by atoms with Gasteiger partial charge in [0.05, 0.1) is 22.0 Å². The number of nitrogens with zero attached hydrogens (tertiary/aromatic N) is 2. The maximum Gasteiger partial charge on any atom is 0.416 e. The first-order valence-electron chi connectivity index (χ1n) is 9.46. The normalized spacial score (nSPS) is 11.8. The third kappa shape index (κ3) is 5.54. The summed E-state index contributed by atoms with van der Waals surface area (Å²) in [5.41, 5.74) is 4.23. The molecule has 0 spiro atoms. The van der Waals surface area contributed by atoms with Crippen LogP contribution in [0, 0.1) is 0 Å². The van der Waals surface area contributed by atoms with Gasteiger partial charge in [-0.05, 0) is 47.5 Å². The minimum absolute atomic E-state index is 0.238. The minimum atomic E-state index is -4.43. The fraction of sp³-hybridized carbons (Fsp3) is 0.0870. The van der Waals surface area contributed by atoms with E-state index >= 15 is 0 Å². The molecule has 4 aromatic rings. The average Bonchev–Trinajstić information content (AvgIpc) is 3.21. The van der Waals surface area contributed by atoms with E-state index in [9.17, 15) is 18.0 Å². The maximum absolute atomic E-state index is 12.8. The first-order valence-corrected chi connectivity index (χ1v) is 11.3. The van der Waals surface area contributed by atoms with E-state index in [1.54, 1.807) is 35.2 Å². The summed E-state index contributed by atoms with van der Waals surface area (Å²) < 4.78 is 40.4. The van der Waals surface area contributed by atoms with Crippen LogP contribution in [0.2, 0.25) is 0 Å². The number of fused-ring (bicyclic) bond motifs is 1. The lowest BCUT2D eigenvalue weighted by Gasteiger charge is -2.06. The van der Waals surface area contributed by atoms with Crippen LogP contribution in [0.4, 0.5) is 13.2 Å². The molecule has 1 N–H and O–H groups in total. The fourth-order valence-corrected chi connectivity index (χ4v) is 4.86. The number of rotatable bonds is 6. The van der Waals surface area contributed by atoms with Crippen LogP contribution in [0.25, 0.3) is 10.2 Å². The van der Waals surface area contributed by atoms with Crippen molar-refractivity contribution in [3.63, 3.8) is 0 Å². The lowest BCUT2D eigenvalue weighted by Crippen LogP contribution is -2.17. The molecule has 3 aromatic carbocycles. The van der Waals surface area contributed by atoms with Gasteiger partial charge in [0.2, 0.25) is 0 Å². The van der Waals surface area contributed by atoms with Gasteiger partial charge in [0, 0.05) is 11.3 Å². The highest BCUT2D eigenvalue weighted by molar-refractivity contribution is 8.00. The molecule has 0 radical (unpaired) electrons. The van der Waals surface area contributed by atoms with E-state index < -0.39 is 17.6 Å². The third-order valence-corrected chi connectivity index (χ3v) is 6.70. The number of hydrazone groups is 1. The van der Waals surface area contributed by atoms with Gasteiger partial charge in [-0.2, -0.15) is 18.3 Å². The highest BCUT2D eigenvalue weighted by atomic mass is 32.2. The fourth-order valence-electron chi connectivity index (χ4n) is 2.84. The van der Waals surface area contributed by atoms with E-state index in [1.165, 1.54) is 18.3 Å². The number of alkyl halides is 3. The van der Waals surface area contributed by atoms with Crippen molar-refractivity contribution in [3.8, 4) is 0 Å². The van der Waals surface area contributed by atoms with Crippen molar-refractivity contribution in [1.82, 2.24) is 10.4 Å². The summed E-state index contributed by atoms with van der Waals surface area (Å²) in [5, 5.41) is 3.76. The standard InChI is InChI=1S/C23H16F3N3OS2/c24-23(25,26)18-5-3-4-16(12-18)13-27-29-21(30)17-10-8-15(9-11-17)14-31-22-28-19-6-1-2-7-20(19)32-22/h1-13H,14H2,(H,29,30). The highest BCUT2D eigenvalue weighted by Gasteiger charge is 2.30. The van der Waals surface area contributed by atoms with Gasteiger partial charge in [0.25, 0.3) is 5.91 Å². The van der Waals surface area contributed by atoms with Crippen LogP contribution >= 0.6 is 23.1 Å². The van der Waals surface area contributed by atoms with Crippen molar-refractivity contribution in [1.29, 1.82) is 0 Å². The number of nitrogens with one attached hydrogen (secondary N) is 1. The molecular formula is C23H16F3N3OS2. The molecule has 1 heterocycles. The number of carbonyl (C=O) groups excluding carboxylic acids is 1. The number of para-hydroxylation sites is 1. The lowest BCUT2D eigenvalue weighted by molar-refractivity contribution is -0.137. The van der Waals surface area contributed by atoms with Crippen LogP contribution in [0.15, 0.2) is 82.2 Å². The van der Waals surface area contributed by atoms with Crippen LogP contribution in [0.3, 0.4) is 0 Å². The zero-order valence-corrected chi connectivity index (χ0v) is 18.1. The molecule has 0 atom stereocenters. The Morgan fingerprint density at radius 3 is 2.59 bits per heavy atom. The molecule has 1 amide bonds. The van der Waals surface area contributed by atoms with E-state index in [0.29, 0.717) is 5.56 Å². The molecule has 0 aliphatic carbocycles. The van der Waals surface area contributed by atoms with Crippen LogP contribution in [0.1, 0.15) is 27.0 Å². The summed E-state index contributed by atoms with van der Waals surface area (Å²) in [6, 6.07) is 19.8. The molecule has 0 aliphatic heterocycles. The first-order chi connectivity index (χ1) is 15.4. The summed E-state index contributed by atoms with van der Waals surface area (Å²) in [6.07, 6.45) is -3.25. The van der Waals surface area contributed by atoms with Gasteiger partial charge in [-0.15, -0.1) is 11.3 Å². The molecule has 0 unspecified atom stereocenters. The monoisotopic (exact) mass is 471 g/mol.